The van der Waals surface area contributed by atoms with Gasteiger partial charge in [-0.1, -0.05) is 23.8 Å². The van der Waals surface area contributed by atoms with Crippen LogP contribution in [0.25, 0.3) is 10.9 Å². The molecule has 4 rings (SSSR count). The van der Waals surface area contributed by atoms with E-state index < -0.39 is 10.8 Å². The van der Waals surface area contributed by atoms with E-state index in [9.17, 15) is 9.00 Å². The Kier molecular flexibility index (Phi) is 4.79. The average Bonchev–Trinajstić information content (AvgIpc) is 3.45. The fourth-order valence-corrected chi connectivity index (χ4v) is 3.96. The van der Waals surface area contributed by atoms with Crippen molar-refractivity contribution in [2.45, 2.75) is 31.4 Å². The van der Waals surface area contributed by atoms with Crippen LogP contribution in [0, 0.1) is 6.92 Å². The molecule has 0 spiro atoms. The van der Waals surface area contributed by atoms with E-state index in [1.54, 1.807) is 6.26 Å². The van der Waals surface area contributed by atoms with Crippen molar-refractivity contribution < 1.29 is 9.00 Å². The highest BCUT2D eigenvalue weighted by Gasteiger charge is 2.27. The topological polar surface area (TPSA) is 59.1 Å². The second kappa shape index (κ2) is 7.24. The summed E-state index contributed by atoms with van der Waals surface area (Å²) in [6, 6.07) is 15.5. The van der Waals surface area contributed by atoms with Gasteiger partial charge in [-0.3, -0.25) is 14.0 Å². The van der Waals surface area contributed by atoms with Gasteiger partial charge in [-0.2, -0.15) is 0 Å². The average molecular weight is 378 g/mol. The first-order valence-electron chi connectivity index (χ1n) is 9.11. The molecule has 3 aromatic rings. The fraction of sp³-hybridized carbons (Fsp3) is 0.273. The second-order valence-electron chi connectivity index (χ2n) is 7.26. The molecule has 1 aromatic heterocycles. The Labute approximate surface area is 161 Å². The summed E-state index contributed by atoms with van der Waals surface area (Å²) < 4.78 is 11.5. The van der Waals surface area contributed by atoms with Crippen LogP contribution in [0.1, 0.15) is 45.9 Å². The van der Waals surface area contributed by atoms with Crippen molar-refractivity contribution in [3.05, 3.63) is 70.9 Å². The number of amides is 1. The first-order chi connectivity index (χ1) is 13.0. The molecule has 0 bridgehead atoms. The highest BCUT2D eigenvalue weighted by Crippen LogP contribution is 2.40. The van der Waals surface area contributed by atoms with Crippen LogP contribution in [0.15, 0.2) is 48.5 Å². The van der Waals surface area contributed by atoms with E-state index in [1.807, 2.05) is 55.5 Å². The predicted octanol–water partition coefficient (Wildman–Crippen LogP) is 4.55. The van der Waals surface area contributed by atoms with Gasteiger partial charge in [-0.15, -0.1) is 0 Å². The Morgan fingerprint density at radius 1 is 1.19 bits per heavy atom. The minimum absolute atomic E-state index is 0.135. The number of benzene rings is 2. The smallest absolute Gasteiger partial charge is 0.256 e. The third kappa shape index (κ3) is 4.08. The number of carbonyl (C=O) groups excluding carboxylic acids is 1. The maximum atomic E-state index is 13.1. The molecule has 1 N–H and O–H groups in total. The molecule has 0 radical (unpaired) electrons. The van der Waals surface area contributed by atoms with Crippen LogP contribution < -0.4 is 5.32 Å². The largest absolute Gasteiger partial charge is 0.322 e. The number of aromatic nitrogens is 1. The summed E-state index contributed by atoms with van der Waals surface area (Å²) in [4.78, 5) is 17.8. The number of fused-ring (bicyclic) bond motifs is 1. The zero-order valence-electron chi connectivity index (χ0n) is 15.5. The Morgan fingerprint density at radius 2 is 2.00 bits per heavy atom. The Hall–Kier alpha value is -2.53. The SMILES string of the molecule is Cc1ccc2nc(C3CC3)cc(C(=O)Nc3cccc(CS(C)=O)c3)c2c1. The van der Waals surface area contributed by atoms with Gasteiger partial charge in [0.1, 0.15) is 0 Å². The van der Waals surface area contributed by atoms with Gasteiger partial charge in [0.15, 0.2) is 0 Å². The summed E-state index contributed by atoms with van der Waals surface area (Å²) in [6.07, 6.45) is 3.96. The number of pyridine rings is 1. The maximum absolute atomic E-state index is 13.1. The molecule has 1 saturated carbocycles. The van der Waals surface area contributed by atoms with Gasteiger partial charge < -0.3 is 5.32 Å². The number of anilines is 1. The lowest BCUT2D eigenvalue weighted by molar-refractivity contribution is 0.102. The number of aryl methyl sites for hydroxylation is 1. The fourth-order valence-electron chi connectivity index (χ4n) is 3.31. The van der Waals surface area contributed by atoms with Gasteiger partial charge in [0.2, 0.25) is 0 Å². The number of hydrogen-bond acceptors (Lipinski definition) is 3. The molecule has 27 heavy (non-hydrogen) atoms. The number of hydrogen-bond donors (Lipinski definition) is 1. The molecule has 1 aliphatic rings. The number of nitrogens with one attached hydrogen (secondary N) is 1. The molecule has 1 unspecified atom stereocenters. The number of rotatable bonds is 5. The Morgan fingerprint density at radius 3 is 2.74 bits per heavy atom. The van der Waals surface area contributed by atoms with Crippen molar-refractivity contribution in [1.29, 1.82) is 0 Å². The van der Waals surface area contributed by atoms with Gasteiger partial charge in [0, 0.05) is 45.5 Å². The monoisotopic (exact) mass is 378 g/mol. The lowest BCUT2D eigenvalue weighted by Gasteiger charge is -2.11. The van der Waals surface area contributed by atoms with Crippen molar-refractivity contribution >= 4 is 33.3 Å². The van der Waals surface area contributed by atoms with E-state index in [1.165, 1.54) is 0 Å². The van der Waals surface area contributed by atoms with E-state index in [0.29, 0.717) is 22.9 Å². The molecule has 138 valence electrons. The van der Waals surface area contributed by atoms with E-state index in [2.05, 4.69) is 5.32 Å². The zero-order valence-corrected chi connectivity index (χ0v) is 16.3. The Bertz CT molecular complexity index is 1060. The van der Waals surface area contributed by atoms with E-state index in [4.69, 9.17) is 4.98 Å². The zero-order chi connectivity index (χ0) is 19.0. The van der Waals surface area contributed by atoms with Crippen LogP contribution in [-0.2, 0) is 16.6 Å². The number of carbonyl (C=O) groups is 1. The highest BCUT2D eigenvalue weighted by molar-refractivity contribution is 7.83. The lowest BCUT2D eigenvalue weighted by Crippen LogP contribution is -2.13. The van der Waals surface area contributed by atoms with Crippen molar-refractivity contribution in [3.8, 4) is 0 Å². The van der Waals surface area contributed by atoms with Gasteiger partial charge >= 0.3 is 0 Å². The summed E-state index contributed by atoms with van der Waals surface area (Å²) in [5.74, 6) is 0.821. The first kappa shape index (κ1) is 17.9. The Balaban J connectivity index is 1.69. The molecule has 1 heterocycles. The second-order valence-corrected chi connectivity index (χ2v) is 8.70. The molecule has 1 atom stereocenters. The van der Waals surface area contributed by atoms with E-state index in [0.717, 1.165) is 40.6 Å². The van der Waals surface area contributed by atoms with Crippen molar-refractivity contribution in [3.63, 3.8) is 0 Å². The van der Waals surface area contributed by atoms with Gasteiger partial charge in [0.05, 0.1) is 11.1 Å². The summed E-state index contributed by atoms with van der Waals surface area (Å²) in [7, 11) is -0.917. The third-order valence-corrected chi connectivity index (χ3v) is 5.52. The van der Waals surface area contributed by atoms with E-state index in [-0.39, 0.29) is 5.91 Å². The molecular formula is C22H22N2O2S. The summed E-state index contributed by atoms with van der Waals surface area (Å²) >= 11 is 0. The summed E-state index contributed by atoms with van der Waals surface area (Å²) in [5.41, 5.74) is 5.30. The van der Waals surface area contributed by atoms with E-state index >= 15 is 0 Å². The quantitative estimate of drug-likeness (QED) is 0.708. The van der Waals surface area contributed by atoms with Crippen molar-refractivity contribution in [2.75, 3.05) is 11.6 Å². The van der Waals surface area contributed by atoms with Crippen LogP contribution >= 0.6 is 0 Å². The summed E-state index contributed by atoms with van der Waals surface area (Å²) in [6.45, 7) is 2.02. The molecule has 1 amide bonds. The normalized spacial score (nSPS) is 14.9. The molecule has 5 heteroatoms. The minimum Gasteiger partial charge on any atom is -0.322 e. The first-order valence-corrected chi connectivity index (χ1v) is 10.8. The van der Waals surface area contributed by atoms with Crippen LogP contribution in [0.4, 0.5) is 5.69 Å². The molecule has 1 fully saturated rings. The van der Waals surface area contributed by atoms with Crippen LogP contribution in [0.2, 0.25) is 0 Å². The molecule has 0 aliphatic heterocycles. The molecule has 4 nitrogen and oxygen atoms in total. The van der Waals surface area contributed by atoms with Gasteiger partial charge in [-0.05, 0) is 55.7 Å². The minimum atomic E-state index is -0.917. The van der Waals surface area contributed by atoms with Crippen LogP contribution in [-0.4, -0.2) is 21.4 Å². The molecule has 2 aromatic carbocycles. The third-order valence-electron chi connectivity index (χ3n) is 4.78. The van der Waals surface area contributed by atoms with Gasteiger partial charge in [-0.25, -0.2) is 0 Å². The highest BCUT2D eigenvalue weighted by atomic mass is 32.2. The predicted molar refractivity (Wildman–Crippen MR) is 111 cm³/mol. The maximum Gasteiger partial charge on any atom is 0.256 e. The lowest BCUT2D eigenvalue weighted by atomic mass is 10.0. The van der Waals surface area contributed by atoms with Crippen molar-refractivity contribution in [2.24, 2.45) is 0 Å². The summed E-state index contributed by atoms with van der Waals surface area (Å²) in [5, 5.41) is 3.88. The molecule has 0 saturated heterocycles. The molecule has 1 aliphatic carbocycles. The van der Waals surface area contributed by atoms with Gasteiger partial charge in [0.25, 0.3) is 5.91 Å². The van der Waals surface area contributed by atoms with Crippen LogP contribution in [0.5, 0.6) is 0 Å². The van der Waals surface area contributed by atoms with Crippen molar-refractivity contribution in [1.82, 2.24) is 4.98 Å². The number of nitrogens with zero attached hydrogens (tertiary/aromatic N) is 1. The standard InChI is InChI=1S/C22H22N2O2S/c1-14-6-9-20-18(10-14)19(12-21(24-20)16-7-8-16)22(25)23-17-5-3-4-15(11-17)13-27(2)26/h3-6,9-12,16H,7-8,13H2,1-2H3,(H,23,25). The van der Waals surface area contributed by atoms with Crippen LogP contribution in [0.3, 0.4) is 0 Å². The molecular weight excluding hydrogens is 356 g/mol.